The number of carbonyl (C=O) groups is 2. The molecule has 0 aromatic heterocycles. The Morgan fingerprint density at radius 3 is 2.90 bits per heavy atom. The molecular weight excluding hydrogens is 262 g/mol. The molecule has 20 heavy (non-hydrogen) atoms. The highest BCUT2D eigenvalue weighted by Crippen LogP contribution is 2.21. The van der Waals surface area contributed by atoms with E-state index in [1.165, 1.54) is 0 Å². The molecule has 1 aliphatic rings. The first-order chi connectivity index (χ1) is 9.60. The standard InChI is InChI=1S/C13H17N3O4/c14-12(17)8-2-1-3-9(6-8)19-7-10-4-5-11(20-10)13(18)16-15/h1-3,6,10-11H,4-5,7,15H2,(H2,14,17)(H,16,18). The minimum Gasteiger partial charge on any atom is -0.491 e. The van der Waals surface area contributed by atoms with Gasteiger partial charge >= 0.3 is 0 Å². The number of hydrazine groups is 1. The molecule has 2 atom stereocenters. The van der Waals surface area contributed by atoms with Crippen LogP contribution in [-0.2, 0) is 9.53 Å². The van der Waals surface area contributed by atoms with Gasteiger partial charge < -0.3 is 15.2 Å². The predicted molar refractivity (Wildman–Crippen MR) is 70.7 cm³/mol. The molecule has 0 saturated carbocycles. The number of amides is 2. The van der Waals surface area contributed by atoms with Crippen LogP contribution >= 0.6 is 0 Å². The summed E-state index contributed by atoms with van der Waals surface area (Å²) in [5.74, 6) is 4.75. The van der Waals surface area contributed by atoms with E-state index in [1.54, 1.807) is 24.3 Å². The zero-order valence-corrected chi connectivity index (χ0v) is 10.9. The lowest BCUT2D eigenvalue weighted by molar-refractivity contribution is -0.132. The van der Waals surface area contributed by atoms with E-state index >= 15 is 0 Å². The normalized spacial score (nSPS) is 21.4. The number of carbonyl (C=O) groups excluding carboxylic acids is 2. The van der Waals surface area contributed by atoms with Gasteiger partial charge in [-0.2, -0.15) is 0 Å². The Morgan fingerprint density at radius 1 is 1.40 bits per heavy atom. The van der Waals surface area contributed by atoms with Gasteiger partial charge in [-0.05, 0) is 31.0 Å². The molecule has 0 bridgehead atoms. The highest BCUT2D eigenvalue weighted by Gasteiger charge is 2.30. The van der Waals surface area contributed by atoms with Gasteiger partial charge in [-0.1, -0.05) is 6.07 Å². The summed E-state index contributed by atoms with van der Waals surface area (Å²) < 4.78 is 11.1. The van der Waals surface area contributed by atoms with Crippen molar-refractivity contribution in [3.05, 3.63) is 29.8 Å². The van der Waals surface area contributed by atoms with Crippen LogP contribution < -0.4 is 21.7 Å². The SMILES string of the molecule is NNC(=O)C1CCC(COc2cccc(C(N)=O)c2)O1. The van der Waals surface area contributed by atoms with Crippen molar-refractivity contribution in [2.75, 3.05) is 6.61 Å². The van der Waals surface area contributed by atoms with Crippen molar-refractivity contribution >= 4 is 11.8 Å². The summed E-state index contributed by atoms with van der Waals surface area (Å²) in [6, 6.07) is 6.60. The van der Waals surface area contributed by atoms with E-state index in [9.17, 15) is 9.59 Å². The Kier molecular flexibility index (Phi) is 4.54. The summed E-state index contributed by atoms with van der Waals surface area (Å²) in [6.07, 6.45) is 0.631. The molecule has 1 aliphatic heterocycles. The smallest absolute Gasteiger partial charge is 0.263 e. The third kappa shape index (κ3) is 3.46. The molecule has 108 valence electrons. The largest absolute Gasteiger partial charge is 0.491 e. The second-order valence-electron chi connectivity index (χ2n) is 4.54. The van der Waals surface area contributed by atoms with Gasteiger partial charge in [-0.25, -0.2) is 5.84 Å². The molecule has 7 heteroatoms. The molecule has 1 aromatic rings. The molecular formula is C13H17N3O4. The van der Waals surface area contributed by atoms with Gasteiger partial charge in [0.25, 0.3) is 5.91 Å². The maximum Gasteiger partial charge on any atom is 0.263 e. The van der Waals surface area contributed by atoms with E-state index in [4.69, 9.17) is 21.1 Å². The van der Waals surface area contributed by atoms with Gasteiger partial charge in [-0.3, -0.25) is 15.0 Å². The fourth-order valence-electron chi connectivity index (χ4n) is 2.04. The fraction of sp³-hybridized carbons (Fsp3) is 0.385. The summed E-state index contributed by atoms with van der Waals surface area (Å²) in [5, 5.41) is 0. The van der Waals surface area contributed by atoms with Crippen LogP contribution in [0.15, 0.2) is 24.3 Å². The Morgan fingerprint density at radius 2 is 2.20 bits per heavy atom. The maximum atomic E-state index is 11.3. The lowest BCUT2D eigenvalue weighted by Crippen LogP contribution is -2.39. The zero-order chi connectivity index (χ0) is 14.5. The van der Waals surface area contributed by atoms with E-state index in [-0.39, 0.29) is 12.0 Å². The van der Waals surface area contributed by atoms with E-state index in [2.05, 4.69) is 5.43 Å². The van der Waals surface area contributed by atoms with Gasteiger partial charge in [0.05, 0.1) is 6.10 Å². The highest BCUT2D eigenvalue weighted by molar-refractivity contribution is 5.93. The van der Waals surface area contributed by atoms with Crippen molar-refractivity contribution in [2.45, 2.75) is 25.0 Å². The zero-order valence-electron chi connectivity index (χ0n) is 10.9. The van der Waals surface area contributed by atoms with Crippen molar-refractivity contribution < 1.29 is 19.1 Å². The summed E-state index contributed by atoms with van der Waals surface area (Å²) in [4.78, 5) is 22.4. The third-order valence-electron chi connectivity index (χ3n) is 3.10. The van der Waals surface area contributed by atoms with Gasteiger partial charge in [0.1, 0.15) is 18.5 Å². The molecule has 1 saturated heterocycles. The molecule has 2 unspecified atom stereocenters. The van der Waals surface area contributed by atoms with Crippen molar-refractivity contribution in [1.29, 1.82) is 0 Å². The number of nitrogens with two attached hydrogens (primary N) is 2. The number of rotatable bonds is 5. The summed E-state index contributed by atoms with van der Waals surface area (Å²) in [5.41, 5.74) is 7.64. The van der Waals surface area contributed by atoms with Gasteiger partial charge in [-0.15, -0.1) is 0 Å². The monoisotopic (exact) mass is 279 g/mol. The number of ether oxygens (including phenoxy) is 2. The average molecular weight is 279 g/mol. The van der Waals surface area contributed by atoms with Crippen molar-refractivity contribution in [3.8, 4) is 5.75 Å². The quantitative estimate of drug-likeness (QED) is 0.389. The number of hydrogen-bond donors (Lipinski definition) is 3. The minimum absolute atomic E-state index is 0.172. The molecule has 5 N–H and O–H groups in total. The van der Waals surface area contributed by atoms with Crippen molar-refractivity contribution in [3.63, 3.8) is 0 Å². The van der Waals surface area contributed by atoms with Crippen LogP contribution in [0.5, 0.6) is 5.75 Å². The summed E-state index contributed by atoms with van der Waals surface area (Å²) in [6.45, 7) is 0.302. The van der Waals surface area contributed by atoms with Gasteiger partial charge in [0.2, 0.25) is 5.91 Å². The predicted octanol–water partition coefficient (Wildman–Crippen LogP) is -0.298. The summed E-state index contributed by atoms with van der Waals surface area (Å²) in [7, 11) is 0. The lowest BCUT2D eigenvalue weighted by atomic mass is 10.2. The molecule has 0 radical (unpaired) electrons. The lowest BCUT2D eigenvalue weighted by Gasteiger charge is -2.14. The molecule has 0 spiro atoms. The van der Waals surface area contributed by atoms with Gasteiger partial charge in [0.15, 0.2) is 0 Å². The molecule has 7 nitrogen and oxygen atoms in total. The fourth-order valence-corrected chi connectivity index (χ4v) is 2.04. The van der Waals surface area contributed by atoms with Gasteiger partial charge in [0, 0.05) is 5.56 Å². The van der Waals surface area contributed by atoms with E-state index in [0.717, 1.165) is 0 Å². The molecule has 1 fully saturated rings. The second-order valence-corrected chi connectivity index (χ2v) is 4.54. The van der Waals surface area contributed by atoms with Crippen LogP contribution in [0, 0.1) is 0 Å². The molecule has 1 heterocycles. The Labute approximate surface area is 116 Å². The number of primary amides is 1. The van der Waals surface area contributed by atoms with E-state index < -0.39 is 12.0 Å². The molecule has 1 aromatic carbocycles. The number of benzene rings is 1. The average Bonchev–Trinajstić information content (AvgIpc) is 2.93. The minimum atomic E-state index is -0.523. The van der Waals surface area contributed by atoms with Crippen LogP contribution in [0.4, 0.5) is 0 Å². The maximum absolute atomic E-state index is 11.3. The Bertz CT molecular complexity index is 506. The van der Waals surface area contributed by atoms with Crippen molar-refractivity contribution in [2.24, 2.45) is 11.6 Å². The first-order valence-corrected chi connectivity index (χ1v) is 6.28. The van der Waals surface area contributed by atoms with Crippen LogP contribution in [0.25, 0.3) is 0 Å². The molecule has 2 amide bonds. The highest BCUT2D eigenvalue weighted by atomic mass is 16.5. The number of hydrogen-bond acceptors (Lipinski definition) is 5. The van der Waals surface area contributed by atoms with Crippen LogP contribution in [0.2, 0.25) is 0 Å². The van der Waals surface area contributed by atoms with E-state index in [0.29, 0.717) is 30.8 Å². The number of nitrogens with one attached hydrogen (secondary N) is 1. The molecule has 0 aliphatic carbocycles. The van der Waals surface area contributed by atoms with Crippen molar-refractivity contribution in [1.82, 2.24) is 5.43 Å². The van der Waals surface area contributed by atoms with E-state index in [1.807, 2.05) is 0 Å². The van der Waals surface area contributed by atoms with Crippen LogP contribution in [-0.4, -0.2) is 30.6 Å². The first-order valence-electron chi connectivity index (χ1n) is 6.28. The van der Waals surface area contributed by atoms with Crippen LogP contribution in [0.1, 0.15) is 23.2 Å². The molecule has 2 rings (SSSR count). The Balaban J connectivity index is 1.86. The Hall–Kier alpha value is -2.12. The second kappa shape index (κ2) is 6.36. The topological polar surface area (TPSA) is 117 Å². The third-order valence-corrected chi connectivity index (χ3v) is 3.10. The van der Waals surface area contributed by atoms with Crippen LogP contribution in [0.3, 0.4) is 0 Å². The first kappa shape index (κ1) is 14.3. The summed E-state index contributed by atoms with van der Waals surface area (Å²) >= 11 is 0.